The highest BCUT2D eigenvalue weighted by molar-refractivity contribution is 5.13. The average molecular weight is 141 g/mol. The summed E-state index contributed by atoms with van der Waals surface area (Å²) >= 11 is 0. The molecule has 0 aliphatic heterocycles. The van der Waals surface area contributed by atoms with Gasteiger partial charge in [0.05, 0.1) is 0 Å². The molecule has 1 aromatic carbocycles. The highest BCUT2D eigenvalue weighted by Gasteiger charge is 1.84. The number of halogens is 1. The van der Waals surface area contributed by atoms with Crippen LogP contribution < -0.4 is 5.73 Å². The van der Waals surface area contributed by atoms with Crippen LogP contribution in [0.5, 0.6) is 0 Å². The molecule has 10 heavy (non-hydrogen) atoms. The summed E-state index contributed by atoms with van der Waals surface area (Å²) in [7, 11) is 1.50. The first kappa shape index (κ1) is 9.11. The lowest BCUT2D eigenvalue weighted by atomic mass is 10.2. The van der Waals surface area contributed by atoms with Gasteiger partial charge in [-0.3, -0.25) is 0 Å². The van der Waals surface area contributed by atoms with Crippen molar-refractivity contribution in [3.8, 4) is 0 Å². The smallest absolute Gasteiger partial charge is 0.123 e. The molecule has 0 atom stereocenters. The number of benzene rings is 1. The van der Waals surface area contributed by atoms with E-state index in [0.29, 0.717) is 0 Å². The average Bonchev–Trinajstić information content (AvgIpc) is 1.91. The van der Waals surface area contributed by atoms with Gasteiger partial charge in [-0.1, -0.05) is 12.1 Å². The Hall–Kier alpha value is -0.890. The van der Waals surface area contributed by atoms with Crippen LogP contribution in [-0.4, -0.2) is 7.05 Å². The van der Waals surface area contributed by atoms with Crippen LogP contribution in [0.1, 0.15) is 5.56 Å². The van der Waals surface area contributed by atoms with Crippen molar-refractivity contribution in [2.24, 2.45) is 5.73 Å². The Labute approximate surface area is 60.7 Å². The third-order valence-electron chi connectivity index (χ3n) is 0.980. The number of hydrogen-bond acceptors (Lipinski definition) is 1. The molecule has 0 saturated carbocycles. The predicted octanol–water partition coefficient (Wildman–Crippen LogP) is 1.71. The van der Waals surface area contributed by atoms with Gasteiger partial charge < -0.3 is 5.73 Å². The van der Waals surface area contributed by atoms with Crippen molar-refractivity contribution in [1.82, 2.24) is 0 Å². The molecule has 0 spiro atoms. The molecule has 0 heterocycles. The van der Waals surface area contributed by atoms with Crippen LogP contribution in [-0.2, 0) is 0 Å². The predicted molar refractivity (Wildman–Crippen MR) is 41.2 cm³/mol. The quantitative estimate of drug-likeness (QED) is 0.584. The Morgan fingerprint density at radius 2 is 1.90 bits per heavy atom. The molecule has 56 valence electrons. The van der Waals surface area contributed by atoms with Gasteiger partial charge in [-0.25, -0.2) is 4.39 Å². The molecule has 1 aromatic rings. The zero-order valence-electron chi connectivity index (χ0n) is 6.26. The van der Waals surface area contributed by atoms with Crippen molar-refractivity contribution in [2.45, 2.75) is 6.92 Å². The fourth-order valence-corrected chi connectivity index (χ4v) is 0.606. The van der Waals surface area contributed by atoms with E-state index in [1.165, 1.54) is 19.2 Å². The van der Waals surface area contributed by atoms with Gasteiger partial charge in [0, 0.05) is 0 Å². The van der Waals surface area contributed by atoms with Gasteiger partial charge in [-0.2, -0.15) is 0 Å². The molecular formula is C8H12FN. The molecule has 0 radical (unpaired) electrons. The SMILES string of the molecule is CN.Cc1cccc(F)c1. The molecule has 0 aliphatic rings. The molecule has 1 nitrogen and oxygen atoms in total. The van der Waals surface area contributed by atoms with E-state index in [-0.39, 0.29) is 5.82 Å². The van der Waals surface area contributed by atoms with Crippen molar-refractivity contribution in [3.05, 3.63) is 35.6 Å². The summed E-state index contributed by atoms with van der Waals surface area (Å²) in [6, 6.07) is 6.50. The first-order chi connectivity index (χ1) is 4.79. The monoisotopic (exact) mass is 141 g/mol. The molecular weight excluding hydrogens is 129 g/mol. The maximum atomic E-state index is 12.2. The second-order valence-electron chi connectivity index (χ2n) is 1.80. The van der Waals surface area contributed by atoms with Crippen molar-refractivity contribution >= 4 is 0 Å². The lowest BCUT2D eigenvalue weighted by Gasteiger charge is -1.87. The van der Waals surface area contributed by atoms with Crippen LogP contribution in [0.3, 0.4) is 0 Å². The molecule has 0 saturated heterocycles. The fourth-order valence-electron chi connectivity index (χ4n) is 0.606. The molecule has 0 bridgehead atoms. The van der Waals surface area contributed by atoms with E-state index in [2.05, 4.69) is 5.73 Å². The number of nitrogens with two attached hydrogens (primary N) is 1. The largest absolute Gasteiger partial charge is 0.333 e. The maximum absolute atomic E-state index is 12.2. The highest BCUT2D eigenvalue weighted by atomic mass is 19.1. The van der Waals surface area contributed by atoms with Gasteiger partial charge in [0.1, 0.15) is 5.82 Å². The standard InChI is InChI=1S/C7H7F.CH5N/c1-6-3-2-4-7(8)5-6;1-2/h2-5H,1H3;2H2,1H3. The second kappa shape index (κ2) is 4.94. The van der Waals surface area contributed by atoms with Gasteiger partial charge in [0.2, 0.25) is 0 Å². The molecule has 2 N–H and O–H groups in total. The topological polar surface area (TPSA) is 26.0 Å². The first-order valence-electron chi connectivity index (χ1n) is 3.09. The first-order valence-corrected chi connectivity index (χ1v) is 3.09. The van der Waals surface area contributed by atoms with Gasteiger partial charge in [-0.05, 0) is 31.7 Å². The Morgan fingerprint density at radius 3 is 2.20 bits per heavy atom. The number of rotatable bonds is 0. The zero-order valence-corrected chi connectivity index (χ0v) is 6.26. The third-order valence-corrected chi connectivity index (χ3v) is 0.980. The van der Waals surface area contributed by atoms with E-state index in [1.54, 1.807) is 6.07 Å². The van der Waals surface area contributed by atoms with Crippen molar-refractivity contribution in [1.29, 1.82) is 0 Å². The van der Waals surface area contributed by atoms with Gasteiger partial charge in [0.15, 0.2) is 0 Å². The van der Waals surface area contributed by atoms with Crippen molar-refractivity contribution < 1.29 is 4.39 Å². The van der Waals surface area contributed by atoms with Gasteiger partial charge in [0.25, 0.3) is 0 Å². The van der Waals surface area contributed by atoms with Crippen LogP contribution in [0.2, 0.25) is 0 Å². The van der Waals surface area contributed by atoms with Crippen molar-refractivity contribution in [2.75, 3.05) is 7.05 Å². The minimum atomic E-state index is -0.162. The molecule has 0 fully saturated rings. The van der Waals surface area contributed by atoms with Gasteiger partial charge in [-0.15, -0.1) is 0 Å². The van der Waals surface area contributed by atoms with E-state index >= 15 is 0 Å². The summed E-state index contributed by atoms with van der Waals surface area (Å²) in [6.45, 7) is 1.86. The Kier molecular flexibility index (Phi) is 4.50. The second-order valence-corrected chi connectivity index (χ2v) is 1.80. The summed E-state index contributed by atoms with van der Waals surface area (Å²) in [5, 5.41) is 0. The highest BCUT2D eigenvalue weighted by Crippen LogP contribution is 1.99. The van der Waals surface area contributed by atoms with Crippen LogP contribution >= 0.6 is 0 Å². The number of hydrogen-bond donors (Lipinski definition) is 1. The summed E-state index contributed by atoms with van der Waals surface area (Å²) in [4.78, 5) is 0. The maximum Gasteiger partial charge on any atom is 0.123 e. The third kappa shape index (κ3) is 3.20. The summed E-state index contributed by atoms with van der Waals surface area (Å²) < 4.78 is 12.2. The minimum absolute atomic E-state index is 0.162. The van der Waals surface area contributed by atoms with Crippen LogP contribution in [0.15, 0.2) is 24.3 Å². The Bertz CT molecular complexity index is 169. The van der Waals surface area contributed by atoms with Crippen molar-refractivity contribution in [3.63, 3.8) is 0 Å². The Morgan fingerprint density at radius 1 is 1.30 bits per heavy atom. The molecule has 1 rings (SSSR count). The summed E-state index contributed by atoms with van der Waals surface area (Å²) in [5.74, 6) is -0.162. The van der Waals surface area contributed by atoms with Gasteiger partial charge >= 0.3 is 0 Å². The van der Waals surface area contributed by atoms with E-state index in [4.69, 9.17) is 0 Å². The summed E-state index contributed by atoms with van der Waals surface area (Å²) in [6.07, 6.45) is 0. The number of aryl methyl sites for hydroxylation is 1. The van der Waals surface area contributed by atoms with Crippen LogP contribution in [0.25, 0.3) is 0 Å². The Balaban J connectivity index is 0.000000371. The minimum Gasteiger partial charge on any atom is -0.333 e. The molecule has 0 unspecified atom stereocenters. The van der Waals surface area contributed by atoms with E-state index < -0.39 is 0 Å². The molecule has 0 aromatic heterocycles. The molecule has 2 heteroatoms. The normalized spacial score (nSPS) is 8.00. The lowest BCUT2D eigenvalue weighted by Crippen LogP contribution is -1.72. The zero-order chi connectivity index (χ0) is 7.98. The lowest BCUT2D eigenvalue weighted by molar-refractivity contribution is 0.626. The van der Waals surface area contributed by atoms with Crippen LogP contribution in [0, 0.1) is 12.7 Å². The molecule has 0 aliphatic carbocycles. The van der Waals surface area contributed by atoms with E-state index in [9.17, 15) is 4.39 Å². The van der Waals surface area contributed by atoms with E-state index in [1.807, 2.05) is 13.0 Å². The fraction of sp³-hybridized carbons (Fsp3) is 0.250. The summed E-state index contributed by atoms with van der Waals surface area (Å²) in [5.41, 5.74) is 5.46. The van der Waals surface area contributed by atoms with Crippen LogP contribution in [0.4, 0.5) is 4.39 Å². The molecule has 0 amide bonds. The van der Waals surface area contributed by atoms with E-state index in [0.717, 1.165) is 5.56 Å².